The monoisotopic (exact) mass is 433 g/mol. The molecule has 3 nitrogen and oxygen atoms in total. The van der Waals surface area contributed by atoms with Gasteiger partial charge in [0.1, 0.15) is 0 Å². The first kappa shape index (κ1) is 17.3. The van der Waals surface area contributed by atoms with Crippen LogP contribution >= 0.6 is 0 Å². The van der Waals surface area contributed by atoms with Crippen molar-refractivity contribution < 1.29 is 12.8 Å². The molecule has 0 aliphatic carbocycles. The summed E-state index contributed by atoms with van der Waals surface area (Å²) in [6.45, 7) is 0.341. The molecule has 0 amide bonds. The van der Waals surface area contributed by atoms with Gasteiger partial charge >= 0.3 is 159 Å². The van der Waals surface area contributed by atoms with Gasteiger partial charge in [0.15, 0.2) is 0 Å². The molecule has 1 heterocycles. The van der Waals surface area contributed by atoms with E-state index in [1.165, 1.54) is 31.4 Å². The molecule has 3 aromatic carbocycles. The Bertz CT molecular complexity index is 1050. The molecule has 0 N–H and O–H groups in total. The minimum absolute atomic E-state index is 0.175. The number of sulfonamides is 1. The van der Waals surface area contributed by atoms with Crippen LogP contribution in [0.15, 0.2) is 77.7 Å². The third-order valence-corrected chi connectivity index (χ3v) is 8.23. The molecule has 0 saturated carbocycles. The summed E-state index contributed by atoms with van der Waals surface area (Å²) in [5.41, 5.74) is 1.65. The van der Waals surface area contributed by atoms with Crippen LogP contribution in [0.5, 0.6) is 0 Å². The van der Waals surface area contributed by atoms with Crippen molar-refractivity contribution in [3.05, 3.63) is 84.2 Å². The van der Waals surface area contributed by atoms with E-state index in [2.05, 4.69) is 18.2 Å². The molecule has 0 radical (unpaired) electrons. The summed E-state index contributed by atoms with van der Waals surface area (Å²) in [5, 5.41) is 0. The topological polar surface area (TPSA) is 37.4 Å². The van der Waals surface area contributed by atoms with Crippen LogP contribution in [0.3, 0.4) is 0 Å². The summed E-state index contributed by atoms with van der Waals surface area (Å²) in [6.07, 6.45) is 0.641. The van der Waals surface area contributed by atoms with Crippen molar-refractivity contribution in [2.24, 2.45) is 0 Å². The van der Waals surface area contributed by atoms with Crippen molar-refractivity contribution in [2.45, 2.75) is 11.3 Å². The third-order valence-electron chi connectivity index (χ3n) is 4.29. The number of nitrogens with zero attached hydrogens (tertiary/aromatic N) is 1. The number of rotatable bonds is 4. The zero-order valence-corrected chi connectivity index (χ0v) is 16.3. The number of halogens is 1. The van der Waals surface area contributed by atoms with Crippen molar-refractivity contribution in [2.75, 3.05) is 10.8 Å². The van der Waals surface area contributed by atoms with Crippen LogP contribution in [0.1, 0.15) is 5.56 Å². The van der Waals surface area contributed by atoms with Crippen LogP contribution in [0.2, 0.25) is 0 Å². The van der Waals surface area contributed by atoms with Crippen molar-refractivity contribution in [1.29, 1.82) is 0 Å². The van der Waals surface area contributed by atoms with E-state index in [1.807, 2.05) is 30.3 Å². The van der Waals surface area contributed by atoms with Gasteiger partial charge in [-0.2, -0.15) is 0 Å². The first-order valence-corrected chi connectivity index (χ1v) is 11.3. The number of fused-ring (bicyclic) bond motifs is 1. The molecule has 0 fully saturated rings. The first-order valence-electron chi connectivity index (χ1n) is 8.19. The van der Waals surface area contributed by atoms with E-state index in [9.17, 15) is 12.8 Å². The fourth-order valence-electron chi connectivity index (χ4n) is 3.06. The summed E-state index contributed by atoms with van der Waals surface area (Å²) in [5.74, 6) is -0.718. The van der Waals surface area contributed by atoms with Crippen LogP contribution < -0.4 is 13.2 Å². The van der Waals surface area contributed by atoms with Crippen LogP contribution in [0.4, 0.5) is 10.1 Å². The standard InChI is InChI=1S/C20H16FNO2SSe/c21-18-8-4-5-9-20(18)25(23,24)22-13-12-15-14-17(10-11-19(15)22)26-16-6-2-1-3-7-16/h1-11,14H,12-13H2. The van der Waals surface area contributed by atoms with Gasteiger partial charge in [0.2, 0.25) is 0 Å². The third kappa shape index (κ3) is 3.16. The Hall–Kier alpha value is -2.14. The van der Waals surface area contributed by atoms with E-state index in [0.717, 1.165) is 5.56 Å². The molecule has 3 aromatic rings. The Balaban J connectivity index is 1.65. The molecule has 0 spiro atoms. The second-order valence-electron chi connectivity index (χ2n) is 5.96. The molecule has 1 aliphatic heterocycles. The molecular weight excluding hydrogens is 416 g/mol. The molecule has 6 heteroatoms. The number of hydrogen-bond acceptors (Lipinski definition) is 2. The second kappa shape index (κ2) is 6.88. The van der Waals surface area contributed by atoms with E-state index in [1.54, 1.807) is 6.07 Å². The molecule has 26 heavy (non-hydrogen) atoms. The van der Waals surface area contributed by atoms with Gasteiger partial charge in [-0.25, -0.2) is 0 Å². The summed E-state index contributed by atoms with van der Waals surface area (Å²) in [7, 11) is -3.89. The first-order chi connectivity index (χ1) is 12.6. The molecule has 1 aliphatic rings. The Morgan fingerprint density at radius 2 is 1.62 bits per heavy atom. The Morgan fingerprint density at radius 1 is 0.885 bits per heavy atom. The van der Waals surface area contributed by atoms with Gasteiger partial charge in [0, 0.05) is 0 Å². The van der Waals surface area contributed by atoms with Gasteiger partial charge in [-0.1, -0.05) is 0 Å². The summed E-state index contributed by atoms with van der Waals surface area (Å²) >= 11 is 0.175. The molecule has 0 bridgehead atoms. The van der Waals surface area contributed by atoms with Crippen molar-refractivity contribution >= 4 is 39.6 Å². The fraction of sp³-hybridized carbons (Fsp3) is 0.100. The zero-order valence-electron chi connectivity index (χ0n) is 13.8. The molecule has 0 aromatic heterocycles. The van der Waals surface area contributed by atoms with Gasteiger partial charge in [0.25, 0.3) is 0 Å². The number of anilines is 1. The van der Waals surface area contributed by atoms with Crippen molar-refractivity contribution in [1.82, 2.24) is 0 Å². The van der Waals surface area contributed by atoms with E-state index >= 15 is 0 Å². The molecular formula is C20H16FNO2SSe. The van der Waals surface area contributed by atoms with Crippen molar-refractivity contribution in [3.63, 3.8) is 0 Å². The SMILES string of the molecule is O=S(=O)(c1ccccc1F)N1CCc2cc([Se]c3ccccc3)ccc21. The molecule has 4 rings (SSSR count). The maximum absolute atomic E-state index is 14.0. The van der Waals surface area contributed by atoms with Gasteiger partial charge < -0.3 is 0 Å². The quantitative estimate of drug-likeness (QED) is 0.593. The molecule has 0 saturated heterocycles. The summed E-state index contributed by atoms with van der Waals surface area (Å²) in [4.78, 5) is -0.273. The number of hydrogen-bond donors (Lipinski definition) is 0. The minimum atomic E-state index is -3.89. The molecule has 132 valence electrons. The van der Waals surface area contributed by atoms with Crippen LogP contribution in [-0.2, 0) is 16.4 Å². The molecule has 0 atom stereocenters. The predicted octanol–water partition coefficient (Wildman–Crippen LogP) is 2.23. The second-order valence-corrected chi connectivity index (χ2v) is 10.2. The molecule has 0 unspecified atom stereocenters. The van der Waals surface area contributed by atoms with Crippen molar-refractivity contribution in [3.8, 4) is 0 Å². The Kier molecular flexibility index (Phi) is 4.57. The van der Waals surface area contributed by atoms with E-state index in [-0.39, 0.29) is 19.9 Å². The zero-order chi connectivity index (χ0) is 18.1. The number of benzene rings is 3. The van der Waals surface area contributed by atoms with E-state index in [4.69, 9.17) is 0 Å². The van der Waals surface area contributed by atoms with Crippen LogP contribution in [0, 0.1) is 5.82 Å². The van der Waals surface area contributed by atoms with Gasteiger partial charge in [-0.05, 0) is 0 Å². The van der Waals surface area contributed by atoms with Gasteiger partial charge in [-0.3, -0.25) is 0 Å². The van der Waals surface area contributed by atoms with Gasteiger partial charge in [-0.15, -0.1) is 0 Å². The van der Waals surface area contributed by atoms with E-state index in [0.29, 0.717) is 18.7 Å². The normalized spacial score (nSPS) is 13.7. The van der Waals surface area contributed by atoms with Crippen LogP contribution in [0.25, 0.3) is 0 Å². The predicted molar refractivity (Wildman–Crippen MR) is 103 cm³/mol. The average Bonchev–Trinajstić information content (AvgIpc) is 3.07. The summed E-state index contributed by atoms with van der Waals surface area (Å²) < 4.78 is 43.6. The Labute approximate surface area is 158 Å². The summed E-state index contributed by atoms with van der Waals surface area (Å²) in [6, 6.07) is 21.7. The maximum atomic E-state index is 14.0. The van der Waals surface area contributed by atoms with Gasteiger partial charge in [0.05, 0.1) is 0 Å². The van der Waals surface area contributed by atoms with Crippen LogP contribution in [-0.4, -0.2) is 29.9 Å². The van der Waals surface area contributed by atoms with E-state index < -0.39 is 15.8 Å². The fourth-order valence-corrected chi connectivity index (χ4v) is 6.52. The average molecular weight is 432 g/mol. The Morgan fingerprint density at radius 3 is 2.38 bits per heavy atom.